The van der Waals surface area contributed by atoms with Crippen molar-refractivity contribution in [2.24, 2.45) is 0 Å². The summed E-state index contributed by atoms with van der Waals surface area (Å²) in [5.74, 6) is -0.517. The van der Waals surface area contributed by atoms with Crippen LogP contribution in [0.5, 0.6) is 0 Å². The lowest BCUT2D eigenvalue weighted by Gasteiger charge is -2.37. The molecular formula is C14H18F3N3O3. The Morgan fingerprint density at radius 3 is 2.65 bits per heavy atom. The van der Waals surface area contributed by atoms with Gasteiger partial charge in [0.05, 0.1) is 18.6 Å². The van der Waals surface area contributed by atoms with Crippen LogP contribution >= 0.6 is 0 Å². The number of alkyl halides is 3. The summed E-state index contributed by atoms with van der Waals surface area (Å²) in [6.07, 6.45) is -3.14. The smallest absolute Gasteiger partial charge is 0.433 e. The van der Waals surface area contributed by atoms with Crippen molar-refractivity contribution in [3.05, 3.63) is 18.0 Å². The van der Waals surface area contributed by atoms with Crippen molar-refractivity contribution >= 4 is 11.9 Å². The first-order chi connectivity index (χ1) is 10.7. The second-order valence-electron chi connectivity index (χ2n) is 5.43. The van der Waals surface area contributed by atoms with E-state index in [9.17, 15) is 23.1 Å². The van der Waals surface area contributed by atoms with E-state index in [0.29, 0.717) is 0 Å². The van der Waals surface area contributed by atoms with Gasteiger partial charge in [-0.3, -0.25) is 4.79 Å². The molecule has 0 bridgehead atoms. The second-order valence-corrected chi connectivity index (χ2v) is 5.43. The summed E-state index contributed by atoms with van der Waals surface area (Å²) >= 11 is 0. The van der Waals surface area contributed by atoms with Gasteiger partial charge in [-0.05, 0) is 25.8 Å². The van der Waals surface area contributed by atoms with E-state index in [4.69, 9.17) is 4.74 Å². The van der Waals surface area contributed by atoms with Crippen molar-refractivity contribution < 1.29 is 27.8 Å². The van der Waals surface area contributed by atoms with Crippen LogP contribution in [0.3, 0.4) is 0 Å². The van der Waals surface area contributed by atoms with Gasteiger partial charge in [-0.2, -0.15) is 13.2 Å². The number of anilines is 1. The van der Waals surface area contributed by atoms with Gasteiger partial charge in [0.1, 0.15) is 5.69 Å². The summed E-state index contributed by atoms with van der Waals surface area (Å²) in [7, 11) is 0. The van der Waals surface area contributed by atoms with Gasteiger partial charge in [-0.15, -0.1) is 0 Å². The Morgan fingerprint density at radius 2 is 2.09 bits per heavy atom. The van der Waals surface area contributed by atoms with Crippen LogP contribution in [0, 0.1) is 0 Å². The number of halogens is 3. The highest BCUT2D eigenvalue weighted by Gasteiger charge is 2.37. The van der Waals surface area contributed by atoms with Crippen LogP contribution in [0.1, 0.15) is 31.9 Å². The van der Waals surface area contributed by atoms with Gasteiger partial charge in [-0.25, -0.2) is 9.97 Å². The molecule has 0 radical (unpaired) electrons. The second kappa shape index (κ2) is 6.69. The fourth-order valence-electron chi connectivity index (χ4n) is 2.44. The summed E-state index contributed by atoms with van der Waals surface area (Å²) in [6.45, 7) is 2.43. The topological polar surface area (TPSA) is 75.6 Å². The molecule has 1 aliphatic heterocycles. The Kier molecular flexibility index (Phi) is 5.08. The monoisotopic (exact) mass is 333 g/mol. The number of piperidine rings is 1. The number of hydrogen-bond acceptors (Lipinski definition) is 6. The van der Waals surface area contributed by atoms with E-state index in [1.54, 1.807) is 11.8 Å². The van der Waals surface area contributed by atoms with Crippen LogP contribution in [0.15, 0.2) is 12.3 Å². The molecule has 0 aliphatic carbocycles. The molecule has 0 saturated carbocycles. The minimum Gasteiger partial charge on any atom is -0.466 e. The third kappa shape index (κ3) is 4.54. The first-order valence-electron chi connectivity index (χ1n) is 7.27. The van der Waals surface area contributed by atoms with Crippen molar-refractivity contribution in [1.29, 1.82) is 0 Å². The van der Waals surface area contributed by atoms with Gasteiger partial charge >= 0.3 is 12.1 Å². The molecule has 23 heavy (non-hydrogen) atoms. The average molecular weight is 333 g/mol. The fraction of sp³-hybridized carbons (Fsp3) is 0.643. The van der Waals surface area contributed by atoms with E-state index in [2.05, 4.69) is 9.97 Å². The van der Waals surface area contributed by atoms with E-state index in [1.165, 1.54) is 0 Å². The number of carbonyl (C=O) groups is 1. The molecule has 1 N–H and O–H groups in total. The number of rotatable bonds is 4. The largest absolute Gasteiger partial charge is 0.466 e. The lowest BCUT2D eigenvalue weighted by atomic mass is 9.88. The number of aliphatic hydroxyl groups is 1. The average Bonchev–Trinajstić information content (AvgIpc) is 2.47. The van der Waals surface area contributed by atoms with E-state index in [0.717, 1.165) is 12.3 Å². The molecule has 0 amide bonds. The van der Waals surface area contributed by atoms with Crippen molar-refractivity contribution in [2.75, 3.05) is 24.6 Å². The van der Waals surface area contributed by atoms with Crippen molar-refractivity contribution in [3.63, 3.8) is 0 Å². The lowest BCUT2D eigenvalue weighted by molar-refractivity contribution is -0.149. The third-order valence-corrected chi connectivity index (χ3v) is 3.69. The molecule has 128 valence electrons. The number of ether oxygens (including phenoxy) is 1. The van der Waals surface area contributed by atoms with Crippen LogP contribution < -0.4 is 4.90 Å². The van der Waals surface area contributed by atoms with Crippen molar-refractivity contribution in [2.45, 2.75) is 38.0 Å². The first kappa shape index (κ1) is 17.5. The predicted octanol–water partition coefficient (Wildman–Crippen LogP) is 1.78. The number of hydrogen-bond donors (Lipinski definition) is 1. The minimum atomic E-state index is -4.53. The molecular weight excluding hydrogens is 315 g/mol. The Labute approximate surface area is 131 Å². The minimum absolute atomic E-state index is 0.0296. The Hall–Kier alpha value is -1.90. The summed E-state index contributed by atoms with van der Waals surface area (Å²) in [5, 5.41) is 10.4. The zero-order valence-electron chi connectivity index (χ0n) is 12.6. The van der Waals surface area contributed by atoms with Gasteiger partial charge in [0, 0.05) is 19.3 Å². The third-order valence-electron chi connectivity index (χ3n) is 3.69. The maximum Gasteiger partial charge on any atom is 0.433 e. The molecule has 0 spiro atoms. The molecule has 2 heterocycles. The van der Waals surface area contributed by atoms with Gasteiger partial charge < -0.3 is 14.7 Å². The first-order valence-corrected chi connectivity index (χ1v) is 7.27. The highest BCUT2D eigenvalue weighted by molar-refractivity contribution is 5.70. The molecule has 1 saturated heterocycles. The molecule has 1 fully saturated rings. The molecule has 0 unspecified atom stereocenters. The highest BCUT2D eigenvalue weighted by atomic mass is 19.4. The van der Waals surface area contributed by atoms with E-state index in [1.807, 2.05) is 0 Å². The Balaban J connectivity index is 2.00. The summed E-state index contributed by atoms with van der Waals surface area (Å²) < 4.78 is 42.8. The molecule has 1 aliphatic rings. The maximum atomic E-state index is 12.7. The van der Waals surface area contributed by atoms with E-state index >= 15 is 0 Å². The van der Waals surface area contributed by atoms with E-state index < -0.39 is 23.4 Å². The van der Waals surface area contributed by atoms with Crippen LogP contribution in [0.4, 0.5) is 19.1 Å². The molecule has 0 aromatic carbocycles. The number of nitrogens with zero attached hydrogens (tertiary/aromatic N) is 3. The Morgan fingerprint density at radius 1 is 1.43 bits per heavy atom. The summed E-state index contributed by atoms with van der Waals surface area (Å²) in [4.78, 5) is 20.4. The maximum absolute atomic E-state index is 12.7. The normalized spacial score (nSPS) is 17.9. The zero-order chi connectivity index (χ0) is 17.1. The molecule has 2 rings (SSSR count). The quantitative estimate of drug-likeness (QED) is 0.847. The van der Waals surface area contributed by atoms with Gasteiger partial charge in [0.2, 0.25) is 5.95 Å². The standard InChI is InChI=1S/C14H18F3N3O3/c1-2-23-11(21)9-13(22)4-7-20(8-5-13)12-18-6-3-10(19-12)14(15,16)17/h3,6,22H,2,4-5,7-9H2,1H3. The fourth-order valence-corrected chi connectivity index (χ4v) is 2.44. The molecule has 1 aromatic heterocycles. The molecule has 9 heteroatoms. The summed E-state index contributed by atoms with van der Waals surface area (Å²) in [5.41, 5.74) is -2.21. The van der Waals surface area contributed by atoms with Crippen LogP contribution in [-0.2, 0) is 15.7 Å². The number of carbonyl (C=O) groups excluding carboxylic acids is 1. The Bertz CT molecular complexity index is 558. The highest BCUT2D eigenvalue weighted by Crippen LogP contribution is 2.30. The lowest BCUT2D eigenvalue weighted by Crippen LogP contribution is -2.46. The number of esters is 1. The van der Waals surface area contributed by atoms with E-state index in [-0.39, 0.29) is 44.9 Å². The van der Waals surface area contributed by atoms with Crippen LogP contribution in [0.25, 0.3) is 0 Å². The zero-order valence-corrected chi connectivity index (χ0v) is 12.6. The SMILES string of the molecule is CCOC(=O)CC1(O)CCN(c2nccc(C(F)(F)F)n2)CC1. The molecule has 0 atom stereocenters. The van der Waals surface area contributed by atoms with Gasteiger partial charge in [0.15, 0.2) is 0 Å². The van der Waals surface area contributed by atoms with Crippen LogP contribution in [0.2, 0.25) is 0 Å². The van der Waals surface area contributed by atoms with Gasteiger partial charge in [-0.1, -0.05) is 0 Å². The predicted molar refractivity (Wildman–Crippen MR) is 74.7 cm³/mol. The number of aromatic nitrogens is 2. The van der Waals surface area contributed by atoms with Crippen molar-refractivity contribution in [3.8, 4) is 0 Å². The van der Waals surface area contributed by atoms with Crippen LogP contribution in [-0.4, -0.2) is 46.3 Å². The molecule has 6 nitrogen and oxygen atoms in total. The van der Waals surface area contributed by atoms with Crippen molar-refractivity contribution in [1.82, 2.24) is 9.97 Å². The van der Waals surface area contributed by atoms with Gasteiger partial charge in [0.25, 0.3) is 0 Å². The summed E-state index contributed by atoms with van der Waals surface area (Å²) in [6, 6.07) is 0.810. The molecule has 1 aromatic rings.